The van der Waals surface area contributed by atoms with Crippen LogP contribution in [0.1, 0.15) is 24.8 Å². The van der Waals surface area contributed by atoms with E-state index in [9.17, 15) is 18.0 Å². The lowest BCUT2D eigenvalue weighted by Crippen LogP contribution is -2.27. The molecule has 0 saturated carbocycles. The van der Waals surface area contributed by atoms with Crippen LogP contribution in [-0.4, -0.2) is 38.8 Å². The van der Waals surface area contributed by atoms with Gasteiger partial charge in [0.25, 0.3) is 0 Å². The summed E-state index contributed by atoms with van der Waals surface area (Å²) < 4.78 is 48.9. The molecule has 1 fully saturated rings. The lowest BCUT2D eigenvalue weighted by atomic mass is 10.1. The first kappa shape index (κ1) is 21.5. The number of carbonyl (C=O) groups is 1. The zero-order valence-electron chi connectivity index (χ0n) is 13.8. The summed E-state index contributed by atoms with van der Waals surface area (Å²) in [5, 5.41) is 5.71. The van der Waals surface area contributed by atoms with Gasteiger partial charge in [-0.15, -0.1) is 12.4 Å². The number of nitrogens with one attached hydrogen (secondary N) is 2. The molecular weight excluding hydrogens is 361 g/mol. The fourth-order valence-corrected chi connectivity index (χ4v) is 2.52. The van der Waals surface area contributed by atoms with Gasteiger partial charge < -0.3 is 20.1 Å². The third-order valence-electron chi connectivity index (χ3n) is 3.72. The minimum atomic E-state index is -4.49. The second kappa shape index (κ2) is 9.84. The largest absolute Gasteiger partial charge is 0.489 e. The van der Waals surface area contributed by atoms with Crippen molar-refractivity contribution in [1.82, 2.24) is 5.32 Å². The summed E-state index contributed by atoms with van der Waals surface area (Å²) in [7, 11) is 1.49. The summed E-state index contributed by atoms with van der Waals surface area (Å²) in [4.78, 5) is 12.1. The maximum Gasteiger partial charge on any atom is 0.416 e. The molecule has 1 saturated heterocycles. The molecule has 1 aliphatic heterocycles. The highest BCUT2D eigenvalue weighted by atomic mass is 35.5. The monoisotopic (exact) mass is 382 g/mol. The highest BCUT2D eigenvalue weighted by Crippen LogP contribution is 2.35. The summed E-state index contributed by atoms with van der Waals surface area (Å²) in [6.45, 7) is 1.32. The van der Waals surface area contributed by atoms with E-state index in [2.05, 4.69) is 10.6 Å². The standard InChI is InChI=1S/C16H21F3N2O3.ClH/c1-23-7-8-24-14-5-4-11(16(17,18)19)9-13(14)21-15(22)10-12-3-2-6-20-12;/h4-5,9,12,20H,2-3,6-8,10H2,1H3,(H,21,22);1H. The van der Waals surface area contributed by atoms with Crippen LogP contribution < -0.4 is 15.4 Å². The molecule has 1 heterocycles. The van der Waals surface area contributed by atoms with E-state index in [0.717, 1.165) is 31.5 Å². The zero-order valence-corrected chi connectivity index (χ0v) is 14.6. The Morgan fingerprint density at radius 1 is 1.36 bits per heavy atom. The van der Waals surface area contributed by atoms with Crippen molar-refractivity contribution in [1.29, 1.82) is 0 Å². The Morgan fingerprint density at radius 2 is 2.12 bits per heavy atom. The number of halogens is 4. The number of rotatable bonds is 7. The predicted octanol–water partition coefficient (Wildman–Crippen LogP) is 3.23. The maximum absolute atomic E-state index is 12.9. The van der Waals surface area contributed by atoms with Gasteiger partial charge in [-0.05, 0) is 37.6 Å². The number of ether oxygens (including phenoxy) is 2. The summed E-state index contributed by atoms with van der Waals surface area (Å²) >= 11 is 0. The highest BCUT2D eigenvalue weighted by Gasteiger charge is 2.31. The minimum Gasteiger partial charge on any atom is -0.489 e. The number of amides is 1. The Hall–Kier alpha value is -1.51. The Kier molecular flexibility index (Phi) is 8.47. The van der Waals surface area contributed by atoms with Crippen LogP contribution in [0.3, 0.4) is 0 Å². The number of carbonyl (C=O) groups excluding carboxylic acids is 1. The van der Waals surface area contributed by atoms with Gasteiger partial charge in [0.1, 0.15) is 12.4 Å². The molecule has 1 amide bonds. The topological polar surface area (TPSA) is 59.6 Å². The smallest absolute Gasteiger partial charge is 0.416 e. The highest BCUT2D eigenvalue weighted by molar-refractivity contribution is 5.92. The van der Waals surface area contributed by atoms with Crippen LogP contribution in [0.4, 0.5) is 18.9 Å². The minimum absolute atomic E-state index is 0. The first-order valence-corrected chi connectivity index (χ1v) is 7.76. The first-order valence-electron chi connectivity index (χ1n) is 7.76. The molecule has 0 radical (unpaired) electrons. The van der Waals surface area contributed by atoms with Crippen LogP contribution in [0.15, 0.2) is 18.2 Å². The fraction of sp³-hybridized carbons (Fsp3) is 0.562. The molecule has 9 heteroatoms. The molecule has 1 aromatic rings. The third kappa shape index (κ3) is 6.72. The molecule has 25 heavy (non-hydrogen) atoms. The molecule has 1 atom stereocenters. The van der Waals surface area contributed by atoms with Crippen molar-refractivity contribution in [2.75, 3.05) is 32.2 Å². The average Bonchev–Trinajstić information content (AvgIpc) is 3.00. The van der Waals surface area contributed by atoms with Crippen molar-refractivity contribution >= 4 is 24.0 Å². The average molecular weight is 383 g/mol. The normalized spacial score (nSPS) is 17.0. The van der Waals surface area contributed by atoms with E-state index in [4.69, 9.17) is 9.47 Å². The van der Waals surface area contributed by atoms with E-state index in [1.165, 1.54) is 13.2 Å². The van der Waals surface area contributed by atoms with E-state index in [1.807, 2.05) is 0 Å². The van der Waals surface area contributed by atoms with Gasteiger partial charge in [-0.2, -0.15) is 13.2 Å². The summed E-state index contributed by atoms with van der Waals surface area (Å²) in [5.41, 5.74) is -0.820. The Morgan fingerprint density at radius 3 is 2.72 bits per heavy atom. The van der Waals surface area contributed by atoms with Crippen LogP contribution in [0, 0.1) is 0 Å². The number of alkyl halides is 3. The van der Waals surface area contributed by atoms with E-state index in [-0.39, 0.29) is 48.8 Å². The lowest BCUT2D eigenvalue weighted by Gasteiger charge is -2.16. The van der Waals surface area contributed by atoms with Crippen molar-refractivity contribution < 1.29 is 27.4 Å². The molecule has 0 aliphatic carbocycles. The SMILES string of the molecule is COCCOc1ccc(C(F)(F)F)cc1NC(=O)CC1CCCN1.Cl. The molecule has 0 spiro atoms. The van der Waals surface area contributed by atoms with Crippen LogP contribution in [-0.2, 0) is 15.7 Å². The van der Waals surface area contributed by atoms with Crippen LogP contribution in [0.25, 0.3) is 0 Å². The van der Waals surface area contributed by atoms with Gasteiger partial charge in [0.15, 0.2) is 0 Å². The molecule has 0 aromatic heterocycles. The third-order valence-corrected chi connectivity index (χ3v) is 3.72. The molecule has 142 valence electrons. The molecule has 2 rings (SSSR count). The van der Waals surface area contributed by atoms with Gasteiger partial charge in [0.05, 0.1) is 17.9 Å². The summed E-state index contributed by atoms with van der Waals surface area (Å²) in [6, 6.07) is 3.09. The van der Waals surface area contributed by atoms with Crippen LogP contribution in [0.2, 0.25) is 0 Å². The second-order valence-electron chi connectivity index (χ2n) is 5.60. The molecule has 1 aliphatic rings. The Balaban J connectivity index is 0.00000312. The number of anilines is 1. The van der Waals surface area contributed by atoms with E-state index in [0.29, 0.717) is 6.61 Å². The van der Waals surface area contributed by atoms with Crippen molar-refractivity contribution in [2.45, 2.75) is 31.5 Å². The molecule has 0 bridgehead atoms. The quantitative estimate of drug-likeness (QED) is 0.711. The number of hydrogen-bond acceptors (Lipinski definition) is 4. The van der Waals surface area contributed by atoms with Gasteiger partial charge in [0.2, 0.25) is 5.91 Å². The Bertz CT molecular complexity index is 564. The molecular formula is C16H22ClF3N2O3. The van der Waals surface area contributed by atoms with Crippen molar-refractivity contribution in [2.24, 2.45) is 0 Å². The Labute approximate surface area is 150 Å². The fourth-order valence-electron chi connectivity index (χ4n) is 2.52. The molecule has 1 unspecified atom stereocenters. The maximum atomic E-state index is 12.9. The molecule has 1 aromatic carbocycles. The first-order chi connectivity index (χ1) is 11.4. The number of methoxy groups -OCH3 is 1. The van der Waals surface area contributed by atoms with Crippen molar-refractivity contribution in [3.05, 3.63) is 23.8 Å². The predicted molar refractivity (Wildman–Crippen MR) is 90.3 cm³/mol. The van der Waals surface area contributed by atoms with E-state index in [1.54, 1.807) is 0 Å². The van der Waals surface area contributed by atoms with Crippen molar-refractivity contribution in [3.63, 3.8) is 0 Å². The molecule has 2 N–H and O–H groups in total. The van der Waals surface area contributed by atoms with Gasteiger partial charge in [0, 0.05) is 19.6 Å². The van der Waals surface area contributed by atoms with Crippen LogP contribution >= 0.6 is 12.4 Å². The second-order valence-corrected chi connectivity index (χ2v) is 5.60. The summed E-state index contributed by atoms with van der Waals surface area (Å²) in [5.74, 6) is -0.155. The summed E-state index contributed by atoms with van der Waals surface area (Å²) in [6.07, 6.45) is -2.40. The zero-order chi connectivity index (χ0) is 17.6. The van der Waals surface area contributed by atoms with E-state index < -0.39 is 11.7 Å². The van der Waals surface area contributed by atoms with Crippen molar-refractivity contribution in [3.8, 4) is 5.75 Å². The van der Waals surface area contributed by atoms with Gasteiger partial charge >= 0.3 is 6.18 Å². The van der Waals surface area contributed by atoms with Gasteiger partial charge in [-0.25, -0.2) is 0 Å². The molecule has 5 nitrogen and oxygen atoms in total. The number of hydrogen-bond donors (Lipinski definition) is 2. The lowest BCUT2D eigenvalue weighted by molar-refractivity contribution is -0.137. The van der Waals surface area contributed by atoms with Gasteiger partial charge in [-0.1, -0.05) is 0 Å². The number of benzene rings is 1. The van der Waals surface area contributed by atoms with Crippen LogP contribution in [0.5, 0.6) is 5.75 Å². The van der Waals surface area contributed by atoms with E-state index >= 15 is 0 Å². The van der Waals surface area contributed by atoms with Gasteiger partial charge in [-0.3, -0.25) is 4.79 Å².